The molecule has 3 bridgehead atoms. The zero-order valence-electron chi connectivity index (χ0n) is 8.13. The summed E-state index contributed by atoms with van der Waals surface area (Å²) in [6, 6.07) is 0. The van der Waals surface area contributed by atoms with Gasteiger partial charge >= 0.3 is 0 Å². The van der Waals surface area contributed by atoms with Crippen LogP contribution in [0.1, 0.15) is 38.5 Å². The van der Waals surface area contributed by atoms with Crippen molar-refractivity contribution in [3.05, 3.63) is 0 Å². The Balaban J connectivity index is 1.83. The van der Waals surface area contributed by atoms with Crippen molar-refractivity contribution in [2.75, 3.05) is 6.61 Å². The Hall–Kier alpha value is -0.0400. The molecule has 0 aromatic carbocycles. The van der Waals surface area contributed by atoms with Crippen LogP contribution in [0.5, 0.6) is 0 Å². The van der Waals surface area contributed by atoms with Crippen LogP contribution in [-0.4, -0.2) is 11.7 Å². The van der Waals surface area contributed by atoms with Crippen LogP contribution in [0.3, 0.4) is 0 Å². The van der Waals surface area contributed by atoms with Gasteiger partial charge in [-0.2, -0.15) is 0 Å². The van der Waals surface area contributed by atoms with Crippen LogP contribution in [0.15, 0.2) is 0 Å². The van der Waals surface area contributed by atoms with Gasteiger partial charge in [-0.1, -0.05) is 0 Å². The maximum Gasteiger partial charge on any atom is 0.0487 e. The lowest BCUT2D eigenvalue weighted by molar-refractivity contribution is -0.00635. The lowest BCUT2D eigenvalue weighted by Gasteiger charge is -2.49. The number of aliphatic hydroxyl groups excluding tert-OH is 1. The molecular weight excluding hydrogens is 160 g/mol. The van der Waals surface area contributed by atoms with Gasteiger partial charge in [0.25, 0.3) is 0 Å². The van der Waals surface area contributed by atoms with E-state index >= 15 is 0 Å². The molecule has 13 heavy (non-hydrogen) atoms. The number of aliphatic hydroxyl groups is 1. The predicted octanol–water partition coefficient (Wildman–Crippen LogP) is 2.20. The van der Waals surface area contributed by atoms with Crippen molar-refractivity contribution >= 4 is 0 Å². The minimum Gasteiger partial charge on any atom is -0.396 e. The molecule has 1 N–H and O–H groups in total. The molecule has 5 atom stereocenters. The van der Waals surface area contributed by atoms with E-state index in [1.165, 1.54) is 38.5 Å². The fourth-order valence-corrected chi connectivity index (χ4v) is 5.72. The zero-order chi connectivity index (χ0) is 8.68. The highest BCUT2D eigenvalue weighted by atomic mass is 16.3. The van der Waals surface area contributed by atoms with Crippen LogP contribution in [0.25, 0.3) is 0 Å². The third-order valence-corrected chi connectivity index (χ3v) is 5.92. The van der Waals surface area contributed by atoms with E-state index in [9.17, 15) is 5.11 Å². The molecule has 0 aliphatic heterocycles. The van der Waals surface area contributed by atoms with Crippen molar-refractivity contribution < 1.29 is 5.11 Å². The van der Waals surface area contributed by atoms with Crippen molar-refractivity contribution in [1.29, 1.82) is 0 Å². The first kappa shape index (κ1) is 7.28. The van der Waals surface area contributed by atoms with Crippen LogP contribution >= 0.6 is 0 Å². The SMILES string of the molecule is OCC12CC3CC4CC(C1)C4(C3)C2. The predicted molar refractivity (Wildman–Crippen MR) is 50.1 cm³/mol. The normalized spacial score (nSPS) is 66.7. The highest BCUT2D eigenvalue weighted by Crippen LogP contribution is 2.78. The molecule has 0 amide bonds. The fourth-order valence-electron chi connectivity index (χ4n) is 5.72. The van der Waals surface area contributed by atoms with Gasteiger partial charge in [-0.3, -0.25) is 0 Å². The van der Waals surface area contributed by atoms with Gasteiger partial charge in [0.05, 0.1) is 0 Å². The van der Waals surface area contributed by atoms with Crippen molar-refractivity contribution in [1.82, 2.24) is 0 Å². The quantitative estimate of drug-likeness (QED) is 0.652. The Morgan fingerprint density at radius 2 is 2.00 bits per heavy atom. The summed E-state index contributed by atoms with van der Waals surface area (Å²) in [6.45, 7) is 0.481. The highest BCUT2D eigenvalue weighted by Gasteiger charge is 2.70. The molecule has 0 aromatic rings. The average molecular weight is 178 g/mol. The summed E-state index contributed by atoms with van der Waals surface area (Å²) in [7, 11) is 0. The number of rotatable bonds is 1. The van der Waals surface area contributed by atoms with E-state index in [1.54, 1.807) is 0 Å². The Kier molecular flexibility index (Phi) is 1.03. The number of hydrogen-bond donors (Lipinski definition) is 1. The average Bonchev–Trinajstić information content (AvgIpc) is 2.43. The maximum absolute atomic E-state index is 9.56. The second-order valence-electron chi connectivity index (χ2n) is 6.41. The van der Waals surface area contributed by atoms with Crippen LogP contribution < -0.4 is 0 Å². The van der Waals surface area contributed by atoms with Gasteiger partial charge in [-0.25, -0.2) is 0 Å². The van der Waals surface area contributed by atoms with E-state index in [1.807, 2.05) is 0 Å². The minimum atomic E-state index is 0.402. The molecule has 0 heterocycles. The lowest BCUT2D eigenvalue weighted by Crippen LogP contribution is -2.42. The zero-order valence-corrected chi connectivity index (χ0v) is 8.13. The summed E-state index contributed by atoms with van der Waals surface area (Å²) >= 11 is 0. The third kappa shape index (κ3) is 0.614. The topological polar surface area (TPSA) is 20.2 Å². The molecule has 5 unspecified atom stereocenters. The summed E-state index contributed by atoms with van der Waals surface area (Å²) in [5.74, 6) is 3.11. The number of hydrogen-bond acceptors (Lipinski definition) is 1. The molecule has 4 aliphatic carbocycles. The molecule has 4 saturated carbocycles. The lowest BCUT2D eigenvalue weighted by atomic mass is 9.55. The molecule has 0 radical (unpaired) electrons. The van der Waals surface area contributed by atoms with Crippen LogP contribution in [0.2, 0.25) is 0 Å². The first-order valence-corrected chi connectivity index (χ1v) is 5.87. The van der Waals surface area contributed by atoms with Gasteiger partial charge in [-0.05, 0) is 67.1 Å². The second-order valence-corrected chi connectivity index (χ2v) is 6.41. The smallest absolute Gasteiger partial charge is 0.0487 e. The van der Waals surface area contributed by atoms with Gasteiger partial charge < -0.3 is 5.11 Å². The molecule has 1 spiro atoms. The standard InChI is InChI=1S/C12H18O/c13-7-11-3-8-1-9-2-10(5-11)12(9,4-8)6-11/h8-10,13H,1-7H2. The highest BCUT2D eigenvalue weighted by molar-refractivity contribution is 5.19. The maximum atomic E-state index is 9.56. The molecule has 4 aliphatic rings. The summed E-state index contributed by atoms with van der Waals surface area (Å²) in [5.41, 5.74) is 1.17. The van der Waals surface area contributed by atoms with Gasteiger partial charge in [0.15, 0.2) is 0 Å². The summed E-state index contributed by atoms with van der Waals surface area (Å²) in [4.78, 5) is 0. The Labute approximate surface area is 79.5 Å². The van der Waals surface area contributed by atoms with Gasteiger partial charge in [0, 0.05) is 6.61 Å². The van der Waals surface area contributed by atoms with Gasteiger partial charge in [-0.15, -0.1) is 0 Å². The van der Waals surface area contributed by atoms with Crippen LogP contribution in [0, 0.1) is 28.6 Å². The Morgan fingerprint density at radius 1 is 1.08 bits per heavy atom. The third-order valence-electron chi connectivity index (χ3n) is 5.92. The fraction of sp³-hybridized carbons (Fsp3) is 1.00. The van der Waals surface area contributed by atoms with E-state index in [2.05, 4.69) is 0 Å². The van der Waals surface area contributed by atoms with E-state index in [-0.39, 0.29) is 0 Å². The van der Waals surface area contributed by atoms with Gasteiger partial charge in [0.2, 0.25) is 0 Å². The summed E-state index contributed by atoms with van der Waals surface area (Å²) < 4.78 is 0. The molecule has 1 heteroatoms. The van der Waals surface area contributed by atoms with Crippen molar-refractivity contribution in [3.63, 3.8) is 0 Å². The monoisotopic (exact) mass is 178 g/mol. The molecule has 0 saturated heterocycles. The summed E-state index contributed by atoms with van der Waals surface area (Å²) in [5, 5.41) is 9.56. The minimum absolute atomic E-state index is 0.402. The summed E-state index contributed by atoms with van der Waals surface area (Å²) in [6.07, 6.45) is 8.68. The Bertz CT molecular complexity index is 270. The second kappa shape index (κ2) is 1.84. The Morgan fingerprint density at radius 3 is 2.85 bits per heavy atom. The molecule has 4 rings (SSSR count). The first-order valence-electron chi connectivity index (χ1n) is 5.87. The van der Waals surface area contributed by atoms with Gasteiger partial charge in [0.1, 0.15) is 0 Å². The van der Waals surface area contributed by atoms with E-state index < -0.39 is 0 Å². The van der Waals surface area contributed by atoms with E-state index in [4.69, 9.17) is 0 Å². The van der Waals surface area contributed by atoms with Crippen molar-refractivity contribution in [2.24, 2.45) is 28.6 Å². The first-order chi connectivity index (χ1) is 6.26. The molecule has 72 valence electrons. The van der Waals surface area contributed by atoms with E-state index in [0.717, 1.165) is 23.2 Å². The molecule has 1 nitrogen and oxygen atoms in total. The van der Waals surface area contributed by atoms with Crippen molar-refractivity contribution in [2.45, 2.75) is 38.5 Å². The van der Waals surface area contributed by atoms with Crippen LogP contribution in [-0.2, 0) is 0 Å². The molecule has 0 aromatic heterocycles. The number of fused-ring (bicyclic) bond motifs is 2. The molecule has 4 fully saturated rings. The van der Waals surface area contributed by atoms with E-state index in [0.29, 0.717) is 12.0 Å². The van der Waals surface area contributed by atoms with Crippen molar-refractivity contribution in [3.8, 4) is 0 Å². The largest absolute Gasteiger partial charge is 0.396 e. The van der Waals surface area contributed by atoms with Crippen LogP contribution in [0.4, 0.5) is 0 Å². The molecular formula is C12H18O.